The summed E-state index contributed by atoms with van der Waals surface area (Å²) in [6, 6.07) is 13.5. The smallest absolute Gasteiger partial charge is 0.414 e. The van der Waals surface area contributed by atoms with E-state index in [4.69, 9.17) is 4.74 Å². The fraction of sp³-hybridized carbons (Fsp3) is 0.350. The Kier molecular flexibility index (Phi) is 4.43. The Morgan fingerprint density at radius 1 is 1.16 bits per heavy atom. The number of hydrogen-bond donors (Lipinski definition) is 1. The quantitative estimate of drug-likeness (QED) is 0.926. The highest BCUT2D eigenvalue weighted by Gasteiger charge is 2.39. The van der Waals surface area contributed by atoms with Crippen molar-refractivity contribution in [1.82, 2.24) is 9.47 Å². The lowest BCUT2D eigenvalue weighted by atomic mass is 9.92. The summed E-state index contributed by atoms with van der Waals surface area (Å²) >= 11 is 0. The minimum absolute atomic E-state index is 0.426. The first-order chi connectivity index (χ1) is 11.8. The largest absolute Gasteiger partial charge is 0.443 e. The zero-order valence-electron chi connectivity index (χ0n) is 15.1. The number of nitrogens with zero attached hydrogens (tertiary/aromatic N) is 2. The first kappa shape index (κ1) is 17.3. The van der Waals surface area contributed by atoms with Crippen molar-refractivity contribution in [2.24, 2.45) is 7.05 Å². The highest BCUT2D eigenvalue weighted by Crippen LogP contribution is 2.40. The van der Waals surface area contributed by atoms with Crippen molar-refractivity contribution < 1.29 is 14.6 Å². The molecule has 1 unspecified atom stereocenters. The molecule has 2 aromatic rings. The SMILES string of the molecule is Cn1cccc1C(O)C1=C(c2ccccc2)CN1C(=O)OC(C)(C)C. The number of carbonyl (C=O) groups excluding carboxylic acids is 1. The lowest BCUT2D eigenvalue weighted by Gasteiger charge is -2.40. The van der Waals surface area contributed by atoms with Crippen LogP contribution in [0.1, 0.15) is 38.1 Å². The molecule has 1 aromatic carbocycles. The monoisotopic (exact) mass is 340 g/mol. The molecule has 132 valence electrons. The molecule has 1 aliphatic heterocycles. The van der Waals surface area contributed by atoms with Gasteiger partial charge in [-0.1, -0.05) is 30.3 Å². The highest BCUT2D eigenvalue weighted by molar-refractivity contribution is 5.86. The van der Waals surface area contributed by atoms with Crippen LogP contribution < -0.4 is 0 Å². The van der Waals surface area contributed by atoms with Crippen molar-refractivity contribution in [1.29, 1.82) is 0 Å². The van der Waals surface area contributed by atoms with Crippen LogP contribution in [0.2, 0.25) is 0 Å². The predicted octanol–water partition coefficient (Wildman–Crippen LogP) is 3.72. The van der Waals surface area contributed by atoms with Gasteiger partial charge in [-0.15, -0.1) is 0 Å². The summed E-state index contributed by atoms with van der Waals surface area (Å²) in [5, 5.41) is 10.9. The molecule has 1 N–H and O–H groups in total. The summed E-state index contributed by atoms with van der Waals surface area (Å²) in [6.07, 6.45) is 0.546. The van der Waals surface area contributed by atoms with Gasteiger partial charge in [-0.25, -0.2) is 4.79 Å². The van der Waals surface area contributed by atoms with Crippen molar-refractivity contribution in [2.45, 2.75) is 32.5 Å². The van der Waals surface area contributed by atoms with Crippen LogP contribution in [0.3, 0.4) is 0 Å². The Labute approximate surface area is 148 Å². The Bertz CT molecular complexity index is 800. The molecule has 1 amide bonds. The third-order valence-electron chi connectivity index (χ3n) is 4.18. The van der Waals surface area contributed by atoms with E-state index in [1.165, 1.54) is 4.90 Å². The number of aliphatic hydroxyl groups is 1. The van der Waals surface area contributed by atoms with Gasteiger partial charge in [0.2, 0.25) is 0 Å². The zero-order chi connectivity index (χ0) is 18.2. The molecule has 0 bridgehead atoms. The summed E-state index contributed by atoms with van der Waals surface area (Å²) in [6.45, 7) is 5.93. The molecule has 1 atom stereocenters. The molecule has 0 fully saturated rings. The van der Waals surface area contributed by atoms with E-state index in [1.54, 1.807) is 0 Å². The Hall–Kier alpha value is -2.53. The molecule has 5 nitrogen and oxygen atoms in total. The second-order valence-corrected chi connectivity index (χ2v) is 7.24. The molecule has 0 radical (unpaired) electrons. The van der Waals surface area contributed by atoms with Gasteiger partial charge in [0.1, 0.15) is 11.7 Å². The van der Waals surface area contributed by atoms with E-state index in [1.807, 2.05) is 81.0 Å². The first-order valence-corrected chi connectivity index (χ1v) is 8.36. The van der Waals surface area contributed by atoms with Crippen molar-refractivity contribution in [3.8, 4) is 0 Å². The van der Waals surface area contributed by atoms with Crippen molar-refractivity contribution >= 4 is 11.7 Å². The number of aliphatic hydroxyl groups excluding tert-OH is 1. The summed E-state index contributed by atoms with van der Waals surface area (Å²) in [5.74, 6) is 0. The van der Waals surface area contributed by atoms with Crippen LogP contribution in [-0.2, 0) is 11.8 Å². The van der Waals surface area contributed by atoms with Gasteiger partial charge in [-0.2, -0.15) is 0 Å². The Balaban J connectivity index is 1.98. The fourth-order valence-corrected chi connectivity index (χ4v) is 2.97. The van der Waals surface area contributed by atoms with Gasteiger partial charge in [0.25, 0.3) is 0 Å². The third kappa shape index (κ3) is 3.46. The standard InChI is InChI=1S/C20H24N2O3/c1-20(2,3)25-19(24)22-13-15(14-9-6-5-7-10-14)17(22)18(23)16-11-8-12-21(16)4/h5-12,18,23H,13H2,1-4H3. The maximum atomic E-state index is 12.5. The minimum atomic E-state index is -0.892. The molecule has 0 spiro atoms. The maximum absolute atomic E-state index is 12.5. The summed E-state index contributed by atoms with van der Waals surface area (Å²) < 4.78 is 7.34. The number of ether oxygens (including phenoxy) is 1. The Morgan fingerprint density at radius 3 is 2.40 bits per heavy atom. The van der Waals surface area contributed by atoms with Gasteiger partial charge in [0.05, 0.1) is 17.9 Å². The second-order valence-electron chi connectivity index (χ2n) is 7.24. The molecule has 25 heavy (non-hydrogen) atoms. The minimum Gasteiger partial charge on any atom is -0.443 e. The second kappa shape index (κ2) is 6.41. The van der Waals surface area contributed by atoms with Crippen LogP contribution in [0.5, 0.6) is 0 Å². The number of aromatic nitrogens is 1. The average molecular weight is 340 g/mol. The highest BCUT2D eigenvalue weighted by atomic mass is 16.6. The molecule has 3 rings (SSSR count). The van der Waals surface area contributed by atoms with Crippen LogP contribution in [0.15, 0.2) is 54.4 Å². The lowest BCUT2D eigenvalue weighted by Crippen LogP contribution is -2.45. The molecule has 0 saturated carbocycles. The van der Waals surface area contributed by atoms with Gasteiger partial charge in [-0.3, -0.25) is 4.90 Å². The summed E-state index contributed by atoms with van der Waals surface area (Å²) in [4.78, 5) is 14.1. The van der Waals surface area contributed by atoms with Gasteiger partial charge in [0.15, 0.2) is 0 Å². The predicted molar refractivity (Wildman–Crippen MR) is 96.7 cm³/mol. The number of rotatable bonds is 3. The van der Waals surface area contributed by atoms with Crippen molar-refractivity contribution in [2.75, 3.05) is 6.54 Å². The van der Waals surface area contributed by atoms with E-state index in [-0.39, 0.29) is 0 Å². The van der Waals surface area contributed by atoms with Crippen molar-refractivity contribution in [3.63, 3.8) is 0 Å². The van der Waals surface area contributed by atoms with E-state index in [2.05, 4.69) is 0 Å². The van der Waals surface area contributed by atoms with Crippen LogP contribution in [0.4, 0.5) is 4.79 Å². The van der Waals surface area contributed by atoms with E-state index in [9.17, 15) is 9.90 Å². The number of hydrogen-bond acceptors (Lipinski definition) is 3. The molecule has 0 aliphatic carbocycles. The third-order valence-corrected chi connectivity index (χ3v) is 4.18. The van der Waals surface area contributed by atoms with Crippen LogP contribution in [0, 0.1) is 0 Å². The van der Waals surface area contributed by atoms with E-state index < -0.39 is 17.8 Å². The molecule has 5 heteroatoms. The molecular weight excluding hydrogens is 316 g/mol. The average Bonchev–Trinajstić information content (AvgIpc) is 2.91. The summed E-state index contributed by atoms with van der Waals surface area (Å²) in [5.41, 5.74) is 2.70. The van der Waals surface area contributed by atoms with Gasteiger partial charge in [0, 0.05) is 18.8 Å². The molecule has 1 aliphatic rings. The van der Waals surface area contributed by atoms with E-state index in [0.29, 0.717) is 12.2 Å². The molecule has 2 heterocycles. The number of benzene rings is 1. The van der Waals surface area contributed by atoms with Crippen LogP contribution >= 0.6 is 0 Å². The van der Waals surface area contributed by atoms with Gasteiger partial charge in [-0.05, 0) is 38.5 Å². The van der Waals surface area contributed by atoms with E-state index in [0.717, 1.165) is 16.8 Å². The zero-order valence-corrected chi connectivity index (χ0v) is 15.1. The number of amides is 1. The summed E-state index contributed by atoms with van der Waals surface area (Å²) in [7, 11) is 1.87. The number of carbonyl (C=O) groups is 1. The number of aryl methyl sites for hydroxylation is 1. The van der Waals surface area contributed by atoms with Crippen LogP contribution in [0.25, 0.3) is 5.57 Å². The lowest BCUT2D eigenvalue weighted by molar-refractivity contribution is 0.0240. The normalized spacial score (nSPS) is 15.8. The fourth-order valence-electron chi connectivity index (χ4n) is 2.97. The van der Waals surface area contributed by atoms with Crippen molar-refractivity contribution in [3.05, 3.63) is 65.6 Å². The maximum Gasteiger partial charge on any atom is 0.414 e. The van der Waals surface area contributed by atoms with Gasteiger partial charge < -0.3 is 14.4 Å². The first-order valence-electron chi connectivity index (χ1n) is 8.36. The van der Waals surface area contributed by atoms with E-state index >= 15 is 0 Å². The topological polar surface area (TPSA) is 54.7 Å². The van der Waals surface area contributed by atoms with Crippen LogP contribution in [-0.4, -0.2) is 32.8 Å². The van der Waals surface area contributed by atoms with Gasteiger partial charge >= 0.3 is 6.09 Å². The molecule has 0 saturated heterocycles. The molecular formula is C20H24N2O3. The Morgan fingerprint density at radius 2 is 1.84 bits per heavy atom. The molecule has 1 aromatic heterocycles.